The van der Waals surface area contributed by atoms with E-state index in [-0.39, 0.29) is 69.4 Å². The summed E-state index contributed by atoms with van der Waals surface area (Å²) in [4.78, 5) is 24.8. The Bertz CT molecular complexity index is 1580. The van der Waals surface area contributed by atoms with Crippen LogP contribution in [0.4, 0.5) is 0 Å². The Labute approximate surface area is 390 Å². The number of carbonyl (C=O) groups is 2. The lowest BCUT2D eigenvalue weighted by atomic mass is 9.86. The van der Waals surface area contributed by atoms with Gasteiger partial charge in [-0.1, -0.05) is 107 Å². The topological polar surface area (TPSA) is 98.8 Å². The molecule has 9 nitrogen and oxygen atoms in total. The number of ether oxygens (including phenoxy) is 3. The molecule has 0 spiro atoms. The van der Waals surface area contributed by atoms with Crippen molar-refractivity contribution in [2.75, 3.05) is 7.11 Å². The lowest BCUT2D eigenvalue weighted by Gasteiger charge is -2.46. The van der Waals surface area contributed by atoms with Crippen molar-refractivity contribution in [2.24, 2.45) is 17.8 Å². The number of carbonyl (C=O) groups excluding carboxylic acids is 2. The number of hydrogen-bond acceptors (Lipinski definition) is 9. The zero-order valence-corrected chi connectivity index (χ0v) is 48.2. The van der Waals surface area contributed by atoms with Crippen molar-refractivity contribution in [3.05, 3.63) is 42.0 Å². The van der Waals surface area contributed by atoms with E-state index in [1.807, 2.05) is 31.2 Å². The van der Waals surface area contributed by atoms with Gasteiger partial charge in [0, 0.05) is 30.6 Å². The van der Waals surface area contributed by atoms with Crippen molar-refractivity contribution in [2.45, 2.75) is 232 Å². The fourth-order valence-electron chi connectivity index (χ4n) is 7.28. The predicted molar refractivity (Wildman–Crippen MR) is 272 cm³/mol. The van der Waals surface area contributed by atoms with Gasteiger partial charge in [-0.2, -0.15) is 0 Å². The minimum Gasteiger partial charge on any atom is -0.497 e. The highest BCUT2D eigenvalue weighted by molar-refractivity contribution is 6.75. The zero-order valence-electron chi connectivity index (χ0n) is 44.2. The number of cyclic esters (lactones) is 1. The van der Waals surface area contributed by atoms with Gasteiger partial charge in [-0.05, 0) is 111 Å². The molecular weight excluding hydrogens is 857 g/mol. The molecule has 9 atom stereocenters. The lowest BCUT2D eigenvalue weighted by molar-refractivity contribution is -0.144. The third-order valence-electron chi connectivity index (χ3n) is 14.5. The molecule has 0 N–H and O–H groups in total. The normalized spacial score (nSPS) is 20.2. The van der Waals surface area contributed by atoms with Crippen molar-refractivity contribution < 1.29 is 41.5 Å². The molecule has 1 aromatic carbocycles. The summed E-state index contributed by atoms with van der Waals surface area (Å²) in [5.74, 6) is 0.236. The largest absolute Gasteiger partial charge is 0.497 e. The Morgan fingerprint density at radius 1 is 0.730 bits per heavy atom. The highest BCUT2D eigenvalue weighted by Gasteiger charge is 2.46. The molecule has 1 aromatic rings. The van der Waals surface area contributed by atoms with E-state index in [0.717, 1.165) is 24.0 Å². The van der Waals surface area contributed by atoms with Gasteiger partial charge in [0.1, 0.15) is 18.1 Å². The Hall–Kier alpha value is -1.43. The monoisotopic (exact) mass is 951 g/mol. The first kappa shape index (κ1) is 57.7. The van der Waals surface area contributed by atoms with Crippen molar-refractivity contribution in [1.82, 2.24) is 0 Å². The molecule has 0 amide bonds. The van der Waals surface area contributed by atoms with Gasteiger partial charge in [0.05, 0.1) is 44.2 Å². The molecular formula is C50H94O9Si4. The molecule has 0 saturated carbocycles. The first-order valence-electron chi connectivity index (χ1n) is 23.8. The molecule has 13 heteroatoms. The van der Waals surface area contributed by atoms with Crippen LogP contribution in [0.1, 0.15) is 121 Å². The second-order valence-electron chi connectivity index (χ2n) is 24.1. The van der Waals surface area contributed by atoms with Crippen molar-refractivity contribution in [3.8, 4) is 5.75 Å². The summed E-state index contributed by atoms with van der Waals surface area (Å²) in [6.45, 7) is 47.9. The van der Waals surface area contributed by atoms with Gasteiger partial charge < -0.3 is 36.7 Å². The summed E-state index contributed by atoms with van der Waals surface area (Å²) < 4.78 is 47.1. The SMILES string of the molecule is COc1ccc(CO[C@@H]([C@@H](C)[C@@H](C[C@H](C[C@@H](/C=C/C[C@H](O[Si](C)(C)C)[C@H](C)[C@H]2CCC(=O)O2)O[Si](C)(C)C(C)(C)C)O[Si](C)(C)C(C)(C)C)O[Si](C)(C)C(C)(C)C)[C@H](C)C=O)cc1. The maximum Gasteiger partial charge on any atom is 0.306 e. The number of aldehydes is 1. The number of benzene rings is 1. The van der Waals surface area contributed by atoms with Gasteiger partial charge >= 0.3 is 5.97 Å². The van der Waals surface area contributed by atoms with Gasteiger partial charge in [-0.3, -0.25) is 4.79 Å². The molecule has 364 valence electrons. The van der Waals surface area contributed by atoms with Gasteiger partial charge in [0.15, 0.2) is 33.3 Å². The van der Waals surface area contributed by atoms with E-state index in [2.05, 4.69) is 147 Å². The minimum absolute atomic E-state index is 0.0128. The van der Waals surface area contributed by atoms with Crippen LogP contribution in [-0.2, 0) is 43.4 Å². The first-order chi connectivity index (χ1) is 28.5. The third kappa shape index (κ3) is 18.0. The summed E-state index contributed by atoms with van der Waals surface area (Å²) in [6, 6.07) is 7.90. The second kappa shape index (κ2) is 23.0. The minimum atomic E-state index is -2.35. The molecule has 0 bridgehead atoms. The fraction of sp³-hybridized carbons (Fsp3) is 0.800. The van der Waals surface area contributed by atoms with Crippen LogP contribution >= 0.6 is 0 Å². The summed E-state index contributed by atoms with van der Waals surface area (Å²) in [7, 11) is -7.22. The molecule has 1 aliphatic heterocycles. The van der Waals surface area contributed by atoms with E-state index in [1.165, 1.54) is 0 Å². The third-order valence-corrected chi connectivity index (χ3v) is 29.1. The molecule has 0 radical (unpaired) electrons. The van der Waals surface area contributed by atoms with Crippen LogP contribution in [0.5, 0.6) is 5.75 Å². The van der Waals surface area contributed by atoms with Crippen molar-refractivity contribution in [3.63, 3.8) is 0 Å². The number of methoxy groups -OCH3 is 1. The summed E-state index contributed by atoms with van der Waals surface area (Å²) in [6.07, 6.45) is 7.38. The molecule has 1 saturated heterocycles. The quantitative estimate of drug-likeness (QED) is 0.0411. The van der Waals surface area contributed by atoms with Crippen LogP contribution in [0.3, 0.4) is 0 Å². The molecule has 0 aromatic heterocycles. The highest BCUT2D eigenvalue weighted by Crippen LogP contribution is 2.43. The molecule has 63 heavy (non-hydrogen) atoms. The van der Waals surface area contributed by atoms with E-state index in [1.54, 1.807) is 7.11 Å². The van der Waals surface area contributed by atoms with E-state index >= 15 is 0 Å². The maximum atomic E-state index is 12.7. The number of hydrogen-bond donors (Lipinski definition) is 0. The predicted octanol–water partition coefficient (Wildman–Crippen LogP) is 13.5. The van der Waals surface area contributed by atoms with Gasteiger partial charge in [-0.15, -0.1) is 0 Å². The average molecular weight is 952 g/mol. The lowest BCUT2D eigenvalue weighted by Crippen LogP contribution is -2.51. The van der Waals surface area contributed by atoms with Crippen LogP contribution in [0.2, 0.25) is 74.0 Å². The summed E-state index contributed by atoms with van der Waals surface area (Å²) in [5, 5.41) is -0.0909. The zero-order chi connectivity index (χ0) is 48.6. The maximum absolute atomic E-state index is 12.7. The van der Waals surface area contributed by atoms with E-state index < -0.39 is 39.4 Å². The highest BCUT2D eigenvalue weighted by atomic mass is 28.4. The smallest absolute Gasteiger partial charge is 0.306 e. The molecule has 1 fully saturated rings. The van der Waals surface area contributed by atoms with Crippen LogP contribution in [-0.4, -0.2) is 89.3 Å². The van der Waals surface area contributed by atoms with E-state index in [9.17, 15) is 9.59 Å². The molecule has 1 heterocycles. The number of rotatable bonds is 25. The standard InChI is InChI=1S/C50H94O9Si4/c1-36(34-51)47(54-35-39-26-28-40(53-13)29-27-39)38(3)45(59-63(21,22)50(10,11)12)33-42(57-62(19,20)49(7,8)9)32-41(56-61(17,18)48(4,5)6)24-23-25-44(58-60(14,15)16)37(2)43-30-31-46(52)55-43/h23-24,26-29,34,36-38,41-45,47H,25,30-33,35H2,1-22H3/b24-23+/t36-,37-,38+,41-,42+,43-,44+,45-,47-/m1/s1. The first-order valence-corrected chi connectivity index (χ1v) is 35.9. The molecule has 0 aliphatic carbocycles. The van der Waals surface area contributed by atoms with Crippen molar-refractivity contribution in [1.29, 1.82) is 0 Å². The molecule has 2 rings (SSSR count). The Morgan fingerprint density at radius 3 is 1.71 bits per heavy atom. The average Bonchev–Trinajstić information content (AvgIpc) is 3.57. The van der Waals surface area contributed by atoms with Crippen molar-refractivity contribution >= 4 is 45.5 Å². The Balaban J connectivity index is 2.73. The summed E-state index contributed by atoms with van der Waals surface area (Å²) >= 11 is 0. The molecule has 0 unspecified atom stereocenters. The summed E-state index contributed by atoms with van der Waals surface area (Å²) in [5.41, 5.74) is 1.01. The van der Waals surface area contributed by atoms with Gasteiger partial charge in [0.2, 0.25) is 0 Å². The molecule has 1 aliphatic rings. The van der Waals surface area contributed by atoms with Crippen LogP contribution < -0.4 is 4.74 Å². The van der Waals surface area contributed by atoms with Gasteiger partial charge in [-0.25, -0.2) is 0 Å². The van der Waals surface area contributed by atoms with Crippen LogP contribution in [0, 0.1) is 17.8 Å². The van der Waals surface area contributed by atoms with E-state index in [4.69, 9.17) is 31.9 Å². The van der Waals surface area contributed by atoms with Crippen LogP contribution in [0.25, 0.3) is 0 Å². The van der Waals surface area contributed by atoms with Gasteiger partial charge in [0.25, 0.3) is 0 Å². The second-order valence-corrected chi connectivity index (χ2v) is 42.9. The fourth-order valence-corrected chi connectivity index (χ4v) is 12.6. The Morgan fingerprint density at radius 2 is 1.25 bits per heavy atom. The van der Waals surface area contributed by atoms with Crippen LogP contribution in [0.15, 0.2) is 36.4 Å². The van der Waals surface area contributed by atoms with E-state index in [0.29, 0.717) is 32.3 Å². The number of esters is 1. The Kier molecular flexibility index (Phi) is 21.1.